The molecule has 0 amide bonds. The summed E-state index contributed by atoms with van der Waals surface area (Å²) in [5.74, 6) is 0.600. The monoisotopic (exact) mass is 393 g/mol. The van der Waals surface area contributed by atoms with Gasteiger partial charge in [0.25, 0.3) is 0 Å². The third-order valence-corrected chi connectivity index (χ3v) is 4.97. The second-order valence-electron chi connectivity index (χ2n) is 6.93. The summed E-state index contributed by atoms with van der Waals surface area (Å²) in [5.41, 5.74) is 7.16. The van der Waals surface area contributed by atoms with Crippen LogP contribution in [0.25, 0.3) is 56.2 Å². The average molecular weight is 393 g/mol. The van der Waals surface area contributed by atoms with Gasteiger partial charge in [0.05, 0.1) is 28.6 Å². The molecular formula is C21H15N9. The van der Waals surface area contributed by atoms with Crippen LogP contribution in [-0.2, 0) is 7.05 Å². The minimum Gasteiger partial charge on any atom is -0.335 e. The highest BCUT2D eigenvalue weighted by molar-refractivity contribution is 5.94. The van der Waals surface area contributed by atoms with Crippen LogP contribution in [0.3, 0.4) is 0 Å². The third kappa shape index (κ3) is 2.56. The molecule has 0 aliphatic carbocycles. The van der Waals surface area contributed by atoms with E-state index in [1.54, 1.807) is 23.3 Å². The van der Waals surface area contributed by atoms with Crippen LogP contribution in [0.1, 0.15) is 0 Å². The molecular weight excluding hydrogens is 378 g/mol. The zero-order valence-electron chi connectivity index (χ0n) is 15.9. The lowest BCUT2D eigenvalue weighted by molar-refractivity contribution is 0.768. The van der Waals surface area contributed by atoms with Gasteiger partial charge in [-0.3, -0.25) is 14.8 Å². The van der Waals surface area contributed by atoms with Gasteiger partial charge in [-0.05, 0) is 30.3 Å². The Bertz CT molecular complexity index is 1510. The molecule has 9 heteroatoms. The predicted octanol–water partition coefficient (Wildman–Crippen LogP) is 3.36. The number of nitrogens with zero attached hydrogens (tertiary/aromatic N) is 7. The number of aromatic amines is 2. The molecule has 2 N–H and O–H groups in total. The zero-order valence-corrected chi connectivity index (χ0v) is 15.9. The van der Waals surface area contributed by atoms with Crippen molar-refractivity contribution >= 4 is 22.2 Å². The first-order valence-electron chi connectivity index (χ1n) is 9.37. The number of imidazole rings is 1. The fraction of sp³-hybridized carbons (Fsp3) is 0.0476. The van der Waals surface area contributed by atoms with E-state index in [1.165, 1.54) is 0 Å². The summed E-state index contributed by atoms with van der Waals surface area (Å²) in [6.07, 6.45) is 7.22. The molecule has 6 aromatic heterocycles. The van der Waals surface area contributed by atoms with Gasteiger partial charge < -0.3 is 4.98 Å². The lowest BCUT2D eigenvalue weighted by Crippen LogP contribution is -1.87. The maximum Gasteiger partial charge on any atom is 0.178 e. The Hall–Kier alpha value is -4.40. The molecule has 0 aliphatic heterocycles. The molecule has 144 valence electrons. The molecule has 0 bridgehead atoms. The minimum absolute atomic E-state index is 0.600. The lowest BCUT2D eigenvalue weighted by Gasteiger charge is -2.00. The Morgan fingerprint density at radius 3 is 2.73 bits per heavy atom. The smallest absolute Gasteiger partial charge is 0.178 e. The molecule has 0 saturated carbocycles. The van der Waals surface area contributed by atoms with E-state index in [0.717, 1.165) is 39.1 Å². The molecule has 0 aliphatic rings. The van der Waals surface area contributed by atoms with Crippen LogP contribution in [0, 0.1) is 0 Å². The van der Waals surface area contributed by atoms with Crippen molar-refractivity contribution in [3.63, 3.8) is 0 Å². The summed E-state index contributed by atoms with van der Waals surface area (Å²) in [6, 6.07) is 11.6. The second kappa shape index (κ2) is 6.31. The third-order valence-electron chi connectivity index (χ3n) is 4.97. The van der Waals surface area contributed by atoms with Crippen LogP contribution in [0.5, 0.6) is 0 Å². The van der Waals surface area contributed by atoms with Crippen molar-refractivity contribution in [3.05, 3.63) is 61.2 Å². The molecule has 6 rings (SSSR count). The van der Waals surface area contributed by atoms with E-state index in [-0.39, 0.29) is 0 Å². The summed E-state index contributed by atoms with van der Waals surface area (Å²) < 4.78 is 1.75. The van der Waals surface area contributed by atoms with Gasteiger partial charge in [-0.25, -0.2) is 15.0 Å². The molecule has 30 heavy (non-hydrogen) atoms. The van der Waals surface area contributed by atoms with Crippen LogP contribution in [0.2, 0.25) is 0 Å². The van der Waals surface area contributed by atoms with E-state index in [2.05, 4.69) is 35.2 Å². The highest BCUT2D eigenvalue weighted by atomic mass is 15.2. The van der Waals surface area contributed by atoms with Gasteiger partial charge in [0, 0.05) is 36.8 Å². The van der Waals surface area contributed by atoms with Crippen molar-refractivity contribution in [1.29, 1.82) is 0 Å². The SMILES string of the molecule is Cn1cc(-c2ccc3[nH]nc(-c4nc5nccc(-c6ccccn6)c5[nH]4)c3n2)cn1. The largest absolute Gasteiger partial charge is 0.335 e. The van der Waals surface area contributed by atoms with Gasteiger partial charge in [0.15, 0.2) is 17.2 Å². The van der Waals surface area contributed by atoms with Crippen molar-refractivity contribution in [2.45, 2.75) is 0 Å². The number of aryl methyl sites for hydroxylation is 1. The second-order valence-corrected chi connectivity index (χ2v) is 6.93. The lowest BCUT2D eigenvalue weighted by atomic mass is 10.1. The number of rotatable bonds is 3. The Balaban J connectivity index is 1.52. The van der Waals surface area contributed by atoms with Gasteiger partial charge in [0.2, 0.25) is 0 Å². The van der Waals surface area contributed by atoms with E-state index in [9.17, 15) is 0 Å². The average Bonchev–Trinajstić information content (AvgIpc) is 3.50. The van der Waals surface area contributed by atoms with E-state index in [4.69, 9.17) is 4.98 Å². The van der Waals surface area contributed by atoms with E-state index in [0.29, 0.717) is 17.2 Å². The number of nitrogens with one attached hydrogen (secondary N) is 2. The Labute approximate surface area is 169 Å². The fourth-order valence-electron chi connectivity index (χ4n) is 3.54. The van der Waals surface area contributed by atoms with Crippen LogP contribution in [0.15, 0.2) is 61.2 Å². The molecule has 0 fully saturated rings. The highest BCUT2D eigenvalue weighted by Crippen LogP contribution is 2.30. The Morgan fingerprint density at radius 2 is 1.90 bits per heavy atom. The highest BCUT2D eigenvalue weighted by Gasteiger charge is 2.17. The standard InChI is InChI=1S/C21H15N9/c1-30-11-12(10-24-30)14-5-6-16-18(25-14)19(29-28-16)21-26-17-13(7-9-23-20(17)27-21)15-4-2-3-8-22-15/h2-11H,1H3,(H,28,29)(H,23,26,27). The number of hydrogen-bond donors (Lipinski definition) is 2. The zero-order chi connectivity index (χ0) is 20.1. The fourth-order valence-corrected chi connectivity index (χ4v) is 3.54. The molecule has 6 aromatic rings. The summed E-state index contributed by atoms with van der Waals surface area (Å²) in [7, 11) is 1.88. The quantitative estimate of drug-likeness (QED) is 0.477. The molecule has 6 heterocycles. The van der Waals surface area contributed by atoms with E-state index in [1.807, 2.05) is 49.6 Å². The molecule has 0 unspecified atom stereocenters. The number of pyridine rings is 3. The Kier molecular flexibility index (Phi) is 3.48. The molecule has 0 aromatic carbocycles. The van der Waals surface area contributed by atoms with Crippen LogP contribution >= 0.6 is 0 Å². The first kappa shape index (κ1) is 16.5. The van der Waals surface area contributed by atoms with Crippen molar-refractivity contribution < 1.29 is 0 Å². The molecule has 0 saturated heterocycles. The first-order valence-corrected chi connectivity index (χ1v) is 9.37. The van der Waals surface area contributed by atoms with E-state index < -0.39 is 0 Å². The topological polar surface area (TPSA) is 114 Å². The summed E-state index contributed by atoms with van der Waals surface area (Å²) in [6.45, 7) is 0. The van der Waals surface area contributed by atoms with Crippen LogP contribution in [-0.4, -0.2) is 44.9 Å². The van der Waals surface area contributed by atoms with Gasteiger partial charge >= 0.3 is 0 Å². The van der Waals surface area contributed by atoms with Crippen LogP contribution < -0.4 is 0 Å². The number of hydrogen-bond acceptors (Lipinski definition) is 6. The Morgan fingerprint density at radius 1 is 0.933 bits per heavy atom. The van der Waals surface area contributed by atoms with Crippen molar-refractivity contribution in [2.24, 2.45) is 7.05 Å². The van der Waals surface area contributed by atoms with Gasteiger partial charge in [-0.15, -0.1) is 0 Å². The van der Waals surface area contributed by atoms with Crippen molar-refractivity contribution in [2.75, 3.05) is 0 Å². The first-order chi connectivity index (χ1) is 14.8. The normalized spacial score (nSPS) is 11.5. The van der Waals surface area contributed by atoms with Gasteiger partial charge in [-0.2, -0.15) is 10.2 Å². The summed E-state index contributed by atoms with van der Waals surface area (Å²) >= 11 is 0. The number of H-pyrrole nitrogens is 2. The summed E-state index contributed by atoms with van der Waals surface area (Å²) in [5, 5.41) is 11.7. The predicted molar refractivity (Wildman–Crippen MR) is 112 cm³/mol. The van der Waals surface area contributed by atoms with Gasteiger partial charge in [0.1, 0.15) is 5.52 Å². The number of fused-ring (bicyclic) bond motifs is 2. The maximum absolute atomic E-state index is 4.81. The maximum atomic E-state index is 4.81. The molecule has 9 nitrogen and oxygen atoms in total. The minimum atomic E-state index is 0.600. The molecule has 0 radical (unpaired) electrons. The van der Waals surface area contributed by atoms with Crippen molar-refractivity contribution in [3.8, 4) is 34.0 Å². The molecule has 0 atom stereocenters. The molecule has 0 spiro atoms. The summed E-state index contributed by atoms with van der Waals surface area (Å²) in [4.78, 5) is 21.7. The van der Waals surface area contributed by atoms with Gasteiger partial charge in [-0.1, -0.05) is 6.07 Å². The van der Waals surface area contributed by atoms with Crippen LogP contribution in [0.4, 0.5) is 0 Å². The number of aromatic nitrogens is 9. The van der Waals surface area contributed by atoms with Crippen molar-refractivity contribution in [1.82, 2.24) is 44.9 Å². The van der Waals surface area contributed by atoms with E-state index >= 15 is 0 Å².